The van der Waals surface area contributed by atoms with E-state index in [1.54, 1.807) is 24.3 Å². The van der Waals surface area contributed by atoms with Gasteiger partial charge >= 0.3 is 5.97 Å². The molecule has 0 aliphatic heterocycles. The van der Waals surface area contributed by atoms with Gasteiger partial charge in [0, 0.05) is 5.69 Å². The third-order valence-electron chi connectivity index (χ3n) is 4.12. The van der Waals surface area contributed by atoms with Crippen LogP contribution in [0.4, 0.5) is 11.4 Å². The molecular formula is C20H24N2O5S. The van der Waals surface area contributed by atoms with Crippen molar-refractivity contribution in [2.75, 3.05) is 23.0 Å². The highest BCUT2D eigenvalue weighted by Gasteiger charge is 2.29. The molecule has 1 N–H and O–H groups in total. The molecule has 150 valence electrons. The average Bonchev–Trinajstić information content (AvgIpc) is 2.59. The summed E-state index contributed by atoms with van der Waals surface area (Å²) in [6.07, 6.45) is 1.07. The summed E-state index contributed by atoms with van der Waals surface area (Å²) in [7, 11) is -2.41. The maximum atomic E-state index is 12.7. The Morgan fingerprint density at radius 1 is 1.04 bits per heavy atom. The molecule has 1 atom stereocenters. The zero-order valence-corrected chi connectivity index (χ0v) is 17.3. The SMILES string of the molecule is COC(=O)c1ccc(NC(=O)[C@H](C)N(c2cc(C)cc(C)c2)S(C)(=O)=O)cc1. The molecule has 0 aliphatic carbocycles. The molecule has 0 aliphatic rings. The number of carbonyl (C=O) groups is 2. The first-order valence-corrected chi connectivity index (χ1v) is 10.4. The van der Waals surface area contributed by atoms with Crippen LogP contribution in [0.25, 0.3) is 0 Å². The largest absolute Gasteiger partial charge is 0.465 e. The molecule has 0 aromatic heterocycles. The molecule has 0 fully saturated rings. The van der Waals surface area contributed by atoms with E-state index in [4.69, 9.17) is 0 Å². The number of esters is 1. The van der Waals surface area contributed by atoms with Crippen LogP contribution in [0.3, 0.4) is 0 Å². The molecule has 28 heavy (non-hydrogen) atoms. The van der Waals surface area contributed by atoms with E-state index in [-0.39, 0.29) is 0 Å². The molecule has 0 radical (unpaired) electrons. The van der Waals surface area contributed by atoms with E-state index in [2.05, 4.69) is 10.1 Å². The van der Waals surface area contributed by atoms with Gasteiger partial charge in [0.25, 0.3) is 0 Å². The van der Waals surface area contributed by atoms with Crippen LogP contribution in [0, 0.1) is 13.8 Å². The quantitative estimate of drug-likeness (QED) is 0.748. The predicted octanol–water partition coefficient (Wildman–Crippen LogP) is 2.88. The van der Waals surface area contributed by atoms with E-state index in [1.807, 2.05) is 19.9 Å². The first-order valence-electron chi connectivity index (χ1n) is 8.60. The van der Waals surface area contributed by atoms with Crippen molar-refractivity contribution in [2.24, 2.45) is 0 Å². The number of hydrogen-bond acceptors (Lipinski definition) is 5. The second-order valence-corrected chi connectivity index (χ2v) is 8.50. The fourth-order valence-corrected chi connectivity index (χ4v) is 4.10. The fourth-order valence-electron chi connectivity index (χ4n) is 2.94. The van der Waals surface area contributed by atoms with Crippen molar-refractivity contribution in [2.45, 2.75) is 26.8 Å². The number of nitrogens with zero attached hydrogens (tertiary/aromatic N) is 1. The number of carbonyl (C=O) groups excluding carboxylic acids is 2. The van der Waals surface area contributed by atoms with E-state index in [0.29, 0.717) is 16.9 Å². The Hall–Kier alpha value is -2.87. The Morgan fingerprint density at radius 2 is 1.57 bits per heavy atom. The molecule has 0 saturated carbocycles. The van der Waals surface area contributed by atoms with Crippen LogP contribution >= 0.6 is 0 Å². The van der Waals surface area contributed by atoms with E-state index in [1.165, 1.54) is 26.2 Å². The van der Waals surface area contributed by atoms with Crippen LogP contribution in [-0.2, 0) is 19.6 Å². The van der Waals surface area contributed by atoms with E-state index in [9.17, 15) is 18.0 Å². The average molecular weight is 404 g/mol. The summed E-state index contributed by atoms with van der Waals surface area (Å²) in [5, 5.41) is 2.68. The second kappa shape index (κ2) is 8.43. The summed E-state index contributed by atoms with van der Waals surface area (Å²) < 4.78 is 30.5. The molecule has 7 nitrogen and oxygen atoms in total. The molecule has 1 amide bonds. The Balaban J connectivity index is 2.28. The normalized spacial score (nSPS) is 12.2. The summed E-state index contributed by atoms with van der Waals surface area (Å²) in [5.74, 6) is -0.972. The maximum Gasteiger partial charge on any atom is 0.337 e. The van der Waals surface area contributed by atoms with Gasteiger partial charge in [0.05, 0.1) is 24.6 Å². The maximum absolute atomic E-state index is 12.7. The van der Waals surface area contributed by atoms with Gasteiger partial charge in [0.1, 0.15) is 6.04 Å². The molecule has 2 aromatic carbocycles. The van der Waals surface area contributed by atoms with Crippen LogP contribution in [-0.4, -0.2) is 39.7 Å². The number of anilines is 2. The first-order chi connectivity index (χ1) is 13.0. The van der Waals surface area contributed by atoms with E-state index in [0.717, 1.165) is 21.7 Å². The minimum absolute atomic E-state index is 0.349. The van der Waals surface area contributed by atoms with Gasteiger partial charge in [-0.1, -0.05) is 6.07 Å². The monoisotopic (exact) mass is 404 g/mol. The Labute approximate surface area is 165 Å². The predicted molar refractivity (Wildman–Crippen MR) is 109 cm³/mol. The Kier molecular flexibility index (Phi) is 6.45. The molecule has 0 saturated heterocycles. The number of nitrogens with one attached hydrogen (secondary N) is 1. The first kappa shape index (κ1) is 21.4. The third kappa shape index (κ3) is 5.10. The van der Waals surface area contributed by atoms with Crippen molar-refractivity contribution in [3.8, 4) is 0 Å². The zero-order valence-electron chi connectivity index (χ0n) is 16.5. The number of methoxy groups -OCH3 is 1. The van der Waals surface area contributed by atoms with Gasteiger partial charge in [0.15, 0.2) is 0 Å². The molecule has 0 bridgehead atoms. The van der Waals surface area contributed by atoms with Gasteiger partial charge in [0.2, 0.25) is 15.9 Å². The lowest BCUT2D eigenvalue weighted by molar-refractivity contribution is -0.116. The van der Waals surface area contributed by atoms with Gasteiger partial charge in [-0.25, -0.2) is 13.2 Å². The molecule has 0 unspecified atom stereocenters. The van der Waals surface area contributed by atoms with E-state index < -0.39 is 27.9 Å². The van der Waals surface area contributed by atoms with Crippen molar-refractivity contribution in [3.63, 3.8) is 0 Å². The topological polar surface area (TPSA) is 92.8 Å². The smallest absolute Gasteiger partial charge is 0.337 e. The summed E-state index contributed by atoms with van der Waals surface area (Å²) in [5.41, 5.74) is 3.02. The number of hydrogen-bond donors (Lipinski definition) is 1. The highest BCUT2D eigenvalue weighted by molar-refractivity contribution is 7.92. The lowest BCUT2D eigenvalue weighted by Gasteiger charge is -2.28. The van der Waals surface area contributed by atoms with Crippen molar-refractivity contribution >= 4 is 33.3 Å². The fraction of sp³-hybridized carbons (Fsp3) is 0.300. The zero-order chi connectivity index (χ0) is 21.1. The molecule has 0 heterocycles. The van der Waals surface area contributed by atoms with Crippen LogP contribution in [0.5, 0.6) is 0 Å². The minimum atomic E-state index is -3.70. The third-order valence-corrected chi connectivity index (χ3v) is 5.36. The standard InChI is InChI=1S/C20H24N2O5S/c1-13-10-14(2)12-18(11-13)22(28(5,25)26)15(3)19(23)21-17-8-6-16(7-9-17)20(24)27-4/h6-12,15H,1-5H3,(H,21,23)/t15-/m0/s1. The van der Waals surface area contributed by atoms with Crippen molar-refractivity contribution in [3.05, 3.63) is 59.2 Å². The highest BCUT2D eigenvalue weighted by atomic mass is 32.2. The van der Waals surface area contributed by atoms with Crippen LogP contribution < -0.4 is 9.62 Å². The van der Waals surface area contributed by atoms with Gasteiger partial charge in [-0.2, -0.15) is 0 Å². The number of amides is 1. The molecular weight excluding hydrogens is 380 g/mol. The summed E-state index contributed by atoms with van der Waals surface area (Å²) in [6, 6.07) is 10.5. The summed E-state index contributed by atoms with van der Waals surface area (Å²) in [6.45, 7) is 5.26. The minimum Gasteiger partial charge on any atom is -0.465 e. The molecule has 2 rings (SSSR count). The number of aryl methyl sites for hydroxylation is 2. The summed E-state index contributed by atoms with van der Waals surface area (Å²) in [4.78, 5) is 24.2. The molecule has 8 heteroatoms. The summed E-state index contributed by atoms with van der Waals surface area (Å²) >= 11 is 0. The lowest BCUT2D eigenvalue weighted by atomic mass is 10.1. The van der Waals surface area contributed by atoms with Crippen molar-refractivity contribution in [1.82, 2.24) is 0 Å². The van der Waals surface area contributed by atoms with Gasteiger partial charge in [-0.3, -0.25) is 9.10 Å². The number of sulfonamides is 1. The van der Waals surface area contributed by atoms with Gasteiger partial charge < -0.3 is 10.1 Å². The molecule has 2 aromatic rings. The Bertz CT molecular complexity index is 964. The number of benzene rings is 2. The molecule has 0 spiro atoms. The Morgan fingerprint density at radius 3 is 2.04 bits per heavy atom. The van der Waals surface area contributed by atoms with Crippen LogP contribution in [0.1, 0.15) is 28.4 Å². The number of ether oxygens (including phenoxy) is 1. The van der Waals surface area contributed by atoms with Gasteiger partial charge in [-0.15, -0.1) is 0 Å². The van der Waals surface area contributed by atoms with Crippen LogP contribution in [0.15, 0.2) is 42.5 Å². The van der Waals surface area contributed by atoms with Gasteiger partial charge in [-0.05, 0) is 68.3 Å². The van der Waals surface area contributed by atoms with Crippen molar-refractivity contribution in [1.29, 1.82) is 0 Å². The van der Waals surface area contributed by atoms with E-state index >= 15 is 0 Å². The second-order valence-electron chi connectivity index (χ2n) is 6.64. The number of rotatable bonds is 6. The van der Waals surface area contributed by atoms with Crippen LogP contribution in [0.2, 0.25) is 0 Å². The lowest BCUT2D eigenvalue weighted by Crippen LogP contribution is -2.45. The highest BCUT2D eigenvalue weighted by Crippen LogP contribution is 2.24. The van der Waals surface area contributed by atoms with Crippen molar-refractivity contribution < 1.29 is 22.7 Å².